The summed E-state index contributed by atoms with van der Waals surface area (Å²) >= 11 is 6.19. The Morgan fingerprint density at radius 3 is 2.82 bits per heavy atom. The third-order valence-corrected chi connectivity index (χ3v) is 4.15. The molecule has 0 aromatic carbocycles. The molecule has 1 fully saturated rings. The highest BCUT2D eigenvalue weighted by molar-refractivity contribution is 6.28. The van der Waals surface area contributed by atoms with Gasteiger partial charge in [0, 0.05) is 12.5 Å². The summed E-state index contributed by atoms with van der Waals surface area (Å²) in [5.74, 6) is 1.92. The van der Waals surface area contributed by atoms with Crippen LogP contribution in [0.3, 0.4) is 0 Å². The first-order chi connectivity index (χ1) is 8.26. The van der Waals surface area contributed by atoms with E-state index in [1.807, 2.05) is 0 Å². The van der Waals surface area contributed by atoms with E-state index >= 15 is 0 Å². The second-order valence-corrected chi connectivity index (χ2v) is 5.44. The lowest BCUT2D eigenvalue weighted by atomic mass is 9.84. The molecule has 0 N–H and O–H groups in total. The molecule has 1 heterocycles. The average Bonchev–Trinajstić information content (AvgIpc) is 2.71. The molecule has 1 aromatic heterocycles. The Morgan fingerprint density at radius 1 is 1.29 bits per heavy atom. The van der Waals surface area contributed by atoms with Crippen LogP contribution in [0, 0.1) is 5.92 Å². The van der Waals surface area contributed by atoms with Gasteiger partial charge in [0.1, 0.15) is 5.82 Å². The maximum atomic E-state index is 6.19. The molecule has 1 aliphatic carbocycles. The molecule has 0 aliphatic heterocycles. The van der Waals surface area contributed by atoms with Gasteiger partial charge in [-0.1, -0.05) is 33.1 Å². The molecular formula is C13H22ClN3. The summed E-state index contributed by atoms with van der Waals surface area (Å²) in [6, 6.07) is 0.526. The predicted octanol–water partition coefficient (Wildman–Crippen LogP) is 4.03. The van der Waals surface area contributed by atoms with Crippen LogP contribution in [0.25, 0.3) is 0 Å². The van der Waals surface area contributed by atoms with Crippen LogP contribution >= 0.6 is 11.6 Å². The van der Waals surface area contributed by atoms with Crippen LogP contribution in [0.5, 0.6) is 0 Å². The van der Waals surface area contributed by atoms with Gasteiger partial charge in [0.15, 0.2) is 0 Å². The maximum Gasteiger partial charge on any atom is 0.225 e. The fraction of sp³-hybridized carbons (Fsp3) is 0.846. The summed E-state index contributed by atoms with van der Waals surface area (Å²) in [5, 5.41) is 8.83. The highest BCUT2D eigenvalue weighted by Crippen LogP contribution is 2.36. The third kappa shape index (κ3) is 2.82. The van der Waals surface area contributed by atoms with E-state index in [2.05, 4.69) is 28.6 Å². The van der Waals surface area contributed by atoms with Gasteiger partial charge in [-0.05, 0) is 36.8 Å². The van der Waals surface area contributed by atoms with Crippen LogP contribution in [0.1, 0.15) is 64.2 Å². The van der Waals surface area contributed by atoms with E-state index in [0.29, 0.717) is 11.3 Å². The van der Waals surface area contributed by atoms with E-state index in [1.54, 1.807) is 0 Å². The van der Waals surface area contributed by atoms with E-state index in [-0.39, 0.29) is 0 Å². The summed E-state index contributed by atoms with van der Waals surface area (Å²) in [6.45, 7) is 4.45. The molecule has 1 aliphatic rings. The van der Waals surface area contributed by atoms with Crippen molar-refractivity contribution in [3.05, 3.63) is 11.1 Å². The molecule has 0 spiro atoms. The van der Waals surface area contributed by atoms with Gasteiger partial charge in [-0.2, -0.15) is 0 Å². The molecule has 0 bridgehead atoms. The molecule has 3 nitrogen and oxygen atoms in total. The second-order valence-electron chi connectivity index (χ2n) is 5.10. The zero-order valence-corrected chi connectivity index (χ0v) is 11.6. The highest BCUT2D eigenvalue weighted by Gasteiger charge is 2.25. The lowest BCUT2D eigenvalue weighted by molar-refractivity contribution is 0.257. The third-order valence-electron chi connectivity index (χ3n) is 3.90. The monoisotopic (exact) mass is 255 g/mol. The first-order valence-electron chi connectivity index (χ1n) is 6.85. The van der Waals surface area contributed by atoms with Gasteiger partial charge in [0.25, 0.3) is 0 Å². The van der Waals surface area contributed by atoms with Crippen molar-refractivity contribution in [2.45, 2.75) is 64.8 Å². The first kappa shape index (κ1) is 12.9. The predicted molar refractivity (Wildman–Crippen MR) is 70.3 cm³/mol. The Balaban J connectivity index is 2.17. The standard InChI is InChI=1S/C13H22ClN3/c1-3-6-12-15-16-13(14)17(12)11-8-5-7-10(4-2)9-11/h10-11H,3-9H2,1-2H3. The SMILES string of the molecule is CCCc1nnc(Cl)n1C1CCCC(CC)C1. The summed E-state index contributed by atoms with van der Waals surface area (Å²) in [7, 11) is 0. The number of rotatable bonds is 4. The fourth-order valence-electron chi connectivity index (χ4n) is 2.93. The summed E-state index contributed by atoms with van der Waals surface area (Å²) in [6.07, 6.45) is 8.50. The molecule has 2 rings (SSSR count). The van der Waals surface area contributed by atoms with Crippen molar-refractivity contribution in [1.82, 2.24) is 14.8 Å². The van der Waals surface area contributed by atoms with E-state index in [1.165, 1.54) is 32.1 Å². The Morgan fingerprint density at radius 2 is 2.12 bits per heavy atom. The maximum absolute atomic E-state index is 6.19. The molecule has 17 heavy (non-hydrogen) atoms. The van der Waals surface area contributed by atoms with E-state index < -0.39 is 0 Å². The molecule has 2 unspecified atom stereocenters. The lowest BCUT2D eigenvalue weighted by Crippen LogP contribution is -2.20. The van der Waals surface area contributed by atoms with Crippen molar-refractivity contribution in [3.63, 3.8) is 0 Å². The van der Waals surface area contributed by atoms with Crippen LogP contribution in [0.15, 0.2) is 0 Å². The zero-order valence-electron chi connectivity index (χ0n) is 10.8. The number of aromatic nitrogens is 3. The number of hydrogen-bond donors (Lipinski definition) is 0. The Bertz CT molecular complexity index is 362. The molecule has 96 valence electrons. The molecule has 1 saturated carbocycles. The topological polar surface area (TPSA) is 30.7 Å². The fourth-order valence-corrected chi connectivity index (χ4v) is 3.20. The molecule has 2 atom stereocenters. The van der Waals surface area contributed by atoms with Gasteiger partial charge in [-0.25, -0.2) is 0 Å². The number of halogens is 1. The van der Waals surface area contributed by atoms with Crippen LogP contribution in [0.2, 0.25) is 5.28 Å². The van der Waals surface area contributed by atoms with E-state index in [0.717, 1.165) is 24.6 Å². The first-order valence-corrected chi connectivity index (χ1v) is 7.23. The van der Waals surface area contributed by atoms with Gasteiger partial charge < -0.3 is 0 Å². The quantitative estimate of drug-likeness (QED) is 0.813. The largest absolute Gasteiger partial charge is 0.299 e. The van der Waals surface area contributed by atoms with Gasteiger partial charge in [0.2, 0.25) is 5.28 Å². The smallest absolute Gasteiger partial charge is 0.225 e. The van der Waals surface area contributed by atoms with Crippen LogP contribution < -0.4 is 0 Å². The minimum Gasteiger partial charge on any atom is -0.299 e. The van der Waals surface area contributed by atoms with Crippen molar-refractivity contribution in [3.8, 4) is 0 Å². The average molecular weight is 256 g/mol. The van der Waals surface area contributed by atoms with Gasteiger partial charge in [-0.15, -0.1) is 10.2 Å². The van der Waals surface area contributed by atoms with E-state index in [9.17, 15) is 0 Å². The number of nitrogens with zero attached hydrogens (tertiary/aromatic N) is 3. The van der Waals surface area contributed by atoms with Gasteiger partial charge in [0.05, 0.1) is 0 Å². The summed E-state index contributed by atoms with van der Waals surface area (Å²) < 4.78 is 2.19. The number of aryl methyl sites for hydroxylation is 1. The van der Waals surface area contributed by atoms with Crippen LogP contribution in [-0.2, 0) is 6.42 Å². The van der Waals surface area contributed by atoms with Gasteiger partial charge in [-0.3, -0.25) is 4.57 Å². The minimum atomic E-state index is 0.526. The molecular weight excluding hydrogens is 234 g/mol. The van der Waals surface area contributed by atoms with Crippen molar-refractivity contribution < 1.29 is 0 Å². The van der Waals surface area contributed by atoms with Crippen molar-refractivity contribution in [2.75, 3.05) is 0 Å². The summed E-state index contributed by atoms with van der Waals surface area (Å²) in [5.41, 5.74) is 0. The molecule has 0 saturated heterocycles. The Hall–Kier alpha value is -0.570. The zero-order chi connectivity index (χ0) is 12.3. The highest BCUT2D eigenvalue weighted by atomic mass is 35.5. The Kier molecular flexibility index (Phi) is 4.43. The molecule has 1 aromatic rings. The normalized spacial score (nSPS) is 25.1. The van der Waals surface area contributed by atoms with Crippen LogP contribution in [0.4, 0.5) is 0 Å². The van der Waals surface area contributed by atoms with Crippen LogP contribution in [-0.4, -0.2) is 14.8 Å². The van der Waals surface area contributed by atoms with E-state index in [4.69, 9.17) is 11.6 Å². The molecule has 4 heteroatoms. The summed E-state index contributed by atoms with van der Waals surface area (Å²) in [4.78, 5) is 0. The minimum absolute atomic E-state index is 0.526. The molecule has 0 radical (unpaired) electrons. The molecule has 0 amide bonds. The Labute approximate surface area is 109 Å². The van der Waals surface area contributed by atoms with Crippen molar-refractivity contribution >= 4 is 11.6 Å². The van der Waals surface area contributed by atoms with Crippen molar-refractivity contribution in [1.29, 1.82) is 0 Å². The van der Waals surface area contributed by atoms with Crippen molar-refractivity contribution in [2.24, 2.45) is 5.92 Å². The van der Waals surface area contributed by atoms with Gasteiger partial charge >= 0.3 is 0 Å². The lowest BCUT2D eigenvalue weighted by Gasteiger charge is -2.30. The second kappa shape index (κ2) is 5.85. The number of hydrogen-bond acceptors (Lipinski definition) is 2.